The van der Waals surface area contributed by atoms with E-state index < -0.39 is 0 Å². The van der Waals surface area contributed by atoms with E-state index in [9.17, 15) is 0 Å². The van der Waals surface area contributed by atoms with Crippen LogP contribution in [0.1, 0.15) is 48.0 Å². The maximum atomic E-state index is 5.83. The van der Waals surface area contributed by atoms with Gasteiger partial charge in [-0.1, -0.05) is 50.1 Å². The monoisotopic (exact) mass is 270 g/mol. The van der Waals surface area contributed by atoms with Crippen LogP contribution in [0.3, 0.4) is 0 Å². The van der Waals surface area contributed by atoms with Gasteiger partial charge in [0, 0.05) is 16.8 Å². The van der Waals surface area contributed by atoms with Crippen molar-refractivity contribution < 1.29 is 0 Å². The molecular formula is C15H30N2S. The third kappa shape index (κ3) is 3.87. The Morgan fingerprint density at radius 1 is 1.50 bits per heavy atom. The van der Waals surface area contributed by atoms with Crippen molar-refractivity contribution in [2.45, 2.75) is 64.8 Å². The van der Waals surface area contributed by atoms with Crippen molar-refractivity contribution in [3.05, 3.63) is 24.3 Å². The molecule has 3 unspecified atom stereocenters. The van der Waals surface area contributed by atoms with Crippen molar-refractivity contribution in [1.29, 1.82) is 0 Å². The van der Waals surface area contributed by atoms with E-state index in [0.29, 0.717) is 11.3 Å². The number of allylic oxidation sites excluding steroid dienone is 1. The topological polar surface area (TPSA) is 29.3 Å². The predicted octanol–water partition coefficient (Wildman–Crippen LogP) is 3.99. The fourth-order valence-electron chi connectivity index (χ4n) is 2.67. The molecule has 0 saturated heterocycles. The molecule has 0 amide bonds. The van der Waals surface area contributed by atoms with Crippen LogP contribution in [0.5, 0.6) is 0 Å². The Bertz CT molecular complexity index is 288. The largest absolute Gasteiger partial charge is 0.287 e. The second kappa shape index (κ2) is 8.03. The van der Waals surface area contributed by atoms with E-state index in [1.807, 2.05) is 0 Å². The van der Waals surface area contributed by atoms with Crippen molar-refractivity contribution in [1.82, 2.24) is 4.90 Å². The number of rotatable bonds is 8. The van der Waals surface area contributed by atoms with Crippen LogP contribution in [0.2, 0.25) is 0 Å². The van der Waals surface area contributed by atoms with Crippen LogP contribution >= 0.6 is 11.9 Å². The first kappa shape index (κ1) is 17.8. The molecule has 0 heterocycles. The quantitative estimate of drug-likeness (QED) is 0.534. The summed E-state index contributed by atoms with van der Waals surface area (Å²) in [5.74, 6) is 0. The number of likely N-dealkylation sites (N-methyl/N-ethyl adjacent to an activating group) is 1. The van der Waals surface area contributed by atoms with Gasteiger partial charge in [-0.25, -0.2) is 0 Å². The lowest BCUT2D eigenvalue weighted by molar-refractivity contribution is 0.112. The molecule has 0 aromatic carbocycles. The van der Waals surface area contributed by atoms with Crippen molar-refractivity contribution in [2.75, 3.05) is 6.54 Å². The molecule has 2 nitrogen and oxygen atoms in total. The second-order valence-corrected chi connectivity index (χ2v) is 6.04. The Labute approximate surface area is 118 Å². The average Bonchev–Trinajstić information content (AvgIpc) is 2.33. The molecule has 0 bridgehead atoms. The zero-order valence-corrected chi connectivity index (χ0v) is 13.7. The minimum absolute atomic E-state index is 0.0391. The van der Waals surface area contributed by atoms with Gasteiger partial charge in [-0.3, -0.25) is 10.0 Å². The van der Waals surface area contributed by atoms with E-state index in [4.69, 9.17) is 5.14 Å². The van der Waals surface area contributed by atoms with Crippen molar-refractivity contribution in [3.63, 3.8) is 0 Å². The van der Waals surface area contributed by atoms with Crippen molar-refractivity contribution in [3.8, 4) is 0 Å². The molecule has 2 N–H and O–H groups in total. The standard InChI is InChI=1S/C15H30N2S/c1-8-11-15(7,13(6)18-16)17(10-3)14(9-2)12(4)5/h8,11,13-14H,4,9-10,16H2,1-3,5-7H3. The molecule has 0 aromatic rings. The molecule has 3 heteroatoms. The van der Waals surface area contributed by atoms with Gasteiger partial charge in [0.1, 0.15) is 0 Å². The van der Waals surface area contributed by atoms with E-state index in [1.54, 1.807) is 0 Å². The van der Waals surface area contributed by atoms with E-state index in [0.717, 1.165) is 13.0 Å². The third-order valence-electron chi connectivity index (χ3n) is 3.82. The van der Waals surface area contributed by atoms with Gasteiger partial charge in [0.2, 0.25) is 0 Å². The van der Waals surface area contributed by atoms with Crippen LogP contribution in [0, 0.1) is 0 Å². The Kier molecular flexibility index (Phi) is 7.92. The van der Waals surface area contributed by atoms with E-state index >= 15 is 0 Å². The van der Waals surface area contributed by atoms with Crippen molar-refractivity contribution in [2.24, 2.45) is 5.14 Å². The van der Waals surface area contributed by atoms with Gasteiger partial charge < -0.3 is 0 Å². The maximum Gasteiger partial charge on any atom is 0.0497 e. The summed E-state index contributed by atoms with van der Waals surface area (Å²) in [5.41, 5.74) is 1.19. The van der Waals surface area contributed by atoms with Gasteiger partial charge in [0.15, 0.2) is 0 Å². The molecule has 0 aliphatic rings. The van der Waals surface area contributed by atoms with Crippen molar-refractivity contribution >= 4 is 11.9 Å². The van der Waals surface area contributed by atoms with E-state index in [-0.39, 0.29) is 5.54 Å². The van der Waals surface area contributed by atoms with Crippen LogP contribution in [0.4, 0.5) is 0 Å². The van der Waals surface area contributed by atoms with Crippen LogP contribution in [-0.2, 0) is 0 Å². The lowest BCUT2D eigenvalue weighted by Crippen LogP contribution is -2.56. The number of nitrogens with zero attached hydrogens (tertiary/aromatic N) is 1. The fourth-order valence-corrected chi connectivity index (χ4v) is 3.16. The minimum Gasteiger partial charge on any atom is -0.287 e. The van der Waals surface area contributed by atoms with Gasteiger partial charge in [-0.2, -0.15) is 0 Å². The first-order valence-corrected chi connectivity index (χ1v) is 7.74. The molecule has 0 rings (SSSR count). The summed E-state index contributed by atoms with van der Waals surface area (Å²) in [5, 5.41) is 6.17. The van der Waals surface area contributed by atoms with Gasteiger partial charge >= 0.3 is 0 Å². The zero-order chi connectivity index (χ0) is 14.3. The molecule has 3 atom stereocenters. The normalized spacial score (nSPS) is 18.9. The lowest BCUT2D eigenvalue weighted by Gasteiger charge is -2.47. The van der Waals surface area contributed by atoms with Crippen LogP contribution in [0.15, 0.2) is 24.3 Å². The molecule has 0 aromatic heterocycles. The Morgan fingerprint density at radius 3 is 2.33 bits per heavy atom. The zero-order valence-electron chi connectivity index (χ0n) is 12.9. The van der Waals surface area contributed by atoms with Crippen LogP contribution in [0.25, 0.3) is 0 Å². The number of nitrogens with two attached hydrogens (primary N) is 1. The maximum absolute atomic E-state index is 5.83. The third-order valence-corrected chi connectivity index (χ3v) is 4.71. The van der Waals surface area contributed by atoms with Gasteiger partial charge in [-0.05, 0) is 40.7 Å². The second-order valence-electron chi connectivity index (χ2n) is 5.06. The molecule has 0 fully saturated rings. The molecule has 106 valence electrons. The van der Waals surface area contributed by atoms with E-state index in [1.165, 1.54) is 17.5 Å². The summed E-state index contributed by atoms with van der Waals surface area (Å²) in [6, 6.07) is 0.408. The van der Waals surface area contributed by atoms with Gasteiger partial charge in [0.05, 0.1) is 0 Å². The Hall–Kier alpha value is -0.250. The highest BCUT2D eigenvalue weighted by atomic mass is 32.2. The summed E-state index contributed by atoms with van der Waals surface area (Å²) >= 11 is 1.43. The highest BCUT2D eigenvalue weighted by molar-refractivity contribution is 7.97. The summed E-state index contributed by atoms with van der Waals surface area (Å²) in [4.78, 5) is 2.51. The SMILES string of the molecule is C=C(C)C(CC)N(CC)C(C)(C=CC)C(C)SN. The van der Waals surface area contributed by atoms with E-state index in [2.05, 4.69) is 65.2 Å². The highest BCUT2D eigenvalue weighted by Gasteiger charge is 2.37. The summed E-state index contributed by atoms with van der Waals surface area (Å²) in [6.07, 6.45) is 5.48. The first-order chi connectivity index (χ1) is 8.38. The van der Waals surface area contributed by atoms with Crippen LogP contribution in [-0.4, -0.2) is 28.3 Å². The molecule has 0 radical (unpaired) electrons. The average molecular weight is 270 g/mol. The number of hydrogen-bond donors (Lipinski definition) is 1. The number of hydrogen-bond acceptors (Lipinski definition) is 3. The predicted molar refractivity (Wildman–Crippen MR) is 85.7 cm³/mol. The van der Waals surface area contributed by atoms with Gasteiger partial charge in [-0.15, -0.1) is 0 Å². The Morgan fingerprint density at radius 2 is 2.06 bits per heavy atom. The molecule has 0 aliphatic carbocycles. The van der Waals surface area contributed by atoms with Gasteiger partial charge in [0.25, 0.3) is 0 Å². The smallest absolute Gasteiger partial charge is 0.0497 e. The minimum atomic E-state index is -0.0391. The molecule has 0 spiro atoms. The molecular weight excluding hydrogens is 240 g/mol. The summed E-state index contributed by atoms with van der Waals surface area (Å²) in [6.45, 7) is 18.2. The summed E-state index contributed by atoms with van der Waals surface area (Å²) < 4.78 is 0. The first-order valence-electron chi connectivity index (χ1n) is 6.80. The van der Waals surface area contributed by atoms with Crippen LogP contribution < -0.4 is 5.14 Å². The Balaban J connectivity index is 5.46. The fraction of sp³-hybridized carbons (Fsp3) is 0.733. The highest BCUT2D eigenvalue weighted by Crippen LogP contribution is 2.32. The molecule has 0 aliphatic heterocycles. The lowest BCUT2D eigenvalue weighted by atomic mass is 9.90. The summed E-state index contributed by atoms with van der Waals surface area (Å²) in [7, 11) is 0. The molecule has 18 heavy (non-hydrogen) atoms. The molecule has 0 saturated carbocycles.